The third-order valence-corrected chi connectivity index (χ3v) is 8.13. The van der Waals surface area contributed by atoms with Gasteiger partial charge in [-0.2, -0.15) is 0 Å². The van der Waals surface area contributed by atoms with E-state index < -0.39 is 34.9 Å². The van der Waals surface area contributed by atoms with Gasteiger partial charge in [0.15, 0.2) is 11.9 Å². The molecule has 0 radical (unpaired) electrons. The van der Waals surface area contributed by atoms with Crippen LogP contribution in [0.1, 0.15) is 23.1 Å². The molecule has 1 fully saturated rings. The van der Waals surface area contributed by atoms with E-state index in [4.69, 9.17) is 28.4 Å². The number of β-lactam (4-membered cyclic amide) rings is 1. The molecule has 2 aromatic carbocycles. The second kappa shape index (κ2) is 11.0. The van der Waals surface area contributed by atoms with E-state index in [9.17, 15) is 19.2 Å². The van der Waals surface area contributed by atoms with E-state index >= 15 is 0 Å². The molecule has 15 heteroatoms. The van der Waals surface area contributed by atoms with Gasteiger partial charge in [-0.15, -0.1) is 16.9 Å². The van der Waals surface area contributed by atoms with Gasteiger partial charge in [-0.05, 0) is 21.6 Å². The fourth-order valence-electron chi connectivity index (χ4n) is 4.48. The first-order chi connectivity index (χ1) is 19.3. The first kappa shape index (κ1) is 27.1. The number of aromatic nitrogens is 4. The fraction of sp³-hybridized carbons (Fsp3) is 0.200. The number of hydrogen-bond donors (Lipinski definition) is 3. The maximum Gasteiger partial charge on any atom is 0.356 e. The molecule has 1 aromatic heterocycles. The Morgan fingerprint density at radius 1 is 1.18 bits per heavy atom. The van der Waals surface area contributed by atoms with Crippen LogP contribution in [0.5, 0.6) is 0 Å². The van der Waals surface area contributed by atoms with Crippen LogP contribution in [0, 0.1) is 0 Å². The Bertz CT molecular complexity index is 1490. The predicted octanol–water partition coefficient (Wildman–Crippen LogP) is -0.221. The lowest BCUT2D eigenvalue weighted by Gasteiger charge is -2.55. The summed E-state index contributed by atoms with van der Waals surface area (Å²) in [6.45, 7) is -0.354. The van der Waals surface area contributed by atoms with Gasteiger partial charge in [0.2, 0.25) is 18.0 Å². The molecule has 0 unspecified atom stereocenters. The SMILES string of the molecule is NC(=O)Cn1nnnc1C(=S)C1=C(C(=O)OC(c2ccccc2)c2ccccc2)N2C(=O)[C@](N)(NC=O)[C@@H]2SC1. The number of hydrogen-bond acceptors (Lipinski definition) is 11. The summed E-state index contributed by atoms with van der Waals surface area (Å²) in [6, 6.07) is 18.2. The Labute approximate surface area is 236 Å². The lowest BCUT2D eigenvalue weighted by atomic mass is 9.95. The minimum atomic E-state index is -1.73. The van der Waals surface area contributed by atoms with Crippen molar-refractivity contribution in [3.63, 3.8) is 0 Å². The van der Waals surface area contributed by atoms with Gasteiger partial charge in [-0.25, -0.2) is 9.48 Å². The van der Waals surface area contributed by atoms with Gasteiger partial charge in [0, 0.05) is 11.3 Å². The van der Waals surface area contributed by atoms with Crippen LogP contribution in [0.3, 0.4) is 0 Å². The molecule has 0 bridgehead atoms. The highest BCUT2D eigenvalue weighted by molar-refractivity contribution is 8.00. The number of carbonyl (C=O) groups is 4. The zero-order valence-corrected chi connectivity index (χ0v) is 22.3. The van der Waals surface area contributed by atoms with E-state index in [1.807, 2.05) is 60.7 Å². The molecule has 204 valence electrons. The Kier molecular flexibility index (Phi) is 7.42. The maximum atomic E-state index is 14.0. The monoisotopic (exact) mass is 578 g/mol. The molecule has 5 rings (SSSR count). The molecule has 0 aliphatic carbocycles. The molecule has 2 aliphatic rings. The van der Waals surface area contributed by atoms with E-state index in [-0.39, 0.29) is 34.3 Å². The molecule has 0 saturated carbocycles. The fourth-order valence-corrected chi connectivity index (χ4v) is 6.27. The van der Waals surface area contributed by atoms with Crippen molar-refractivity contribution in [2.45, 2.75) is 23.7 Å². The number of primary amides is 1. The summed E-state index contributed by atoms with van der Waals surface area (Å²) in [5.41, 5.74) is 11.3. The van der Waals surface area contributed by atoms with Gasteiger partial charge in [0.05, 0.1) is 4.86 Å². The van der Waals surface area contributed by atoms with E-state index in [2.05, 4.69) is 20.8 Å². The number of thiocarbonyl (C=S) groups is 1. The molecule has 1 saturated heterocycles. The molecule has 3 aromatic rings. The summed E-state index contributed by atoms with van der Waals surface area (Å²) < 4.78 is 7.17. The molecule has 13 nitrogen and oxygen atoms in total. The van der Waals surface area contributed by atoms with Crippen LogP contribution in [-0.4, -0.2) is 71.0 Å². The van der Waals surface area contributed by atoms with E-state index in [0.717, 1.165) is 9.58 Å². The van der Waals surface area contributed by atoms with E-state index in [1.54, 1.807) is 0 Å². The van der Waals surface area contributed by atoms with Gasteiger partial charge in [-0.3, -0.25) is 25.0 Å². The number of rotatable bonds is 10. The molecule has 5 N–H and O–H groups in total. The number of tetrazole rings is 1. The van der Waals surface area contributed by atoms with Crippen LogP contribution in [0.4, 0.5) is 0 Å². The summed E-state index contributed by atoms with van der Waals surface area (Å²) in [5, 5.41) is 12.8. The highest BCUT2D eigenvalue weighted by atomic mass is 32.2. The number of carbonyl (C=O) groups excluding carboxylic acids is 4. The van der Waals surface area contributed by atoms with Gasteiger partial charge in [0.1, 0.15) is 17.6 Å². The summed E-state index contributed by atoms with van der Waals surface area (Å²) in [4.78, 5) is 51.2. The third-order valence-electron chi connectivity index (χ3n) is 6.34. The molecule has 2 atom stereocenters. The van der Waals surface area contributed by atoms with E-state index in [0.29, 0.717) is 17.5 Å². The molecular weight excluding hydrogens is 556 g/mol. The lowest BCUT2D eigenvalue weighted by Crippen LogP contribution is -2.83. The minimum Gasteiger partial charge on any atom is -0.448 e. The molecular formula is C25H22N8O5S2. The first-order valence-electron chi connectivity index (χ1n) is 11.8. The molecule has 0 spiro atoms. The maximum absolute atomic E-state index is 14.0. The Hall–Kier alpha value is -4.47. The number of benzene rings is 2. The van der Waals surface area contributed by atoms with Crippen LogP contribution in [-0.2, 0) is 30.5 Å². The minimum absolute atomic E-state index is 0.00817. The summed E-state index contributed by atoms with van der Waals surface area (Å²) >= 11 is 6.84. The zero-order valence-electron chi connectivity index (χ0n) is 20.7. The van der Waals surface area contributed by atoms with Gasteiger partial charge in [0.25, 0.3) is 5.91 Å². The number of fused-ring (bicyclic) bond motifs is 1. The second-order valence-electron chi connectivity index (χ2n) is 8.86. The molecule has 3 heterocycles. The number of nitrogens with one attached hydrogen (secondary N) is 1. The Morgan fingerprint density at radius 3 is 2.38 bits per heavy atom. The Balaban J connectivity index is 1.58. The summed E-state index contributed by atoms with van der Waals surface area (Å²) in [7, 11) is 0. The van der Waals surface area contributed by atoms with Crippen molar-refractivity contribution in [2.24, 2.45) is 11.5 Å². The first-order valence-corrected chi connectivity index (χ1v) is 13.3. The summed E-state index contributed by atoms with van der Waals surface area (Å²) in [5.74, 6) is -2.18. The van der Waals surface area contributed by atoms with Crippen molar-refractivity contribution in [1.82, 2.24) is 30.4 Å². The Morgan fingerprint density at radius 2 is 1.80 bits per heavy atom. The van der Waals surface area contributed by atoms with Crippen molar-refractivity contribution >= 4 is 53.0 Å². The van der Waals surface area contributed by atoms with Gasteiger partial charge in [-0.1, -0.05) is 72.9 Å². The van der Waals surface area contributed by atoms with Crippen molar-refractivity contribution < 1.29 is 23.9 Å². The highest BCUT2D eigenvalue weighted by Gasteiger charge is 2.63. The topological polar surface area (TPSA) is 188 Å². The van der Waals surface area contributed by atoms with Gasteiger partial charge >= 0.3 is 5.97 Å². The van der Waals surface area contributed by atoms with Crippen LogP contribution >= 0.6 is 24.0 Å². The molecule has 3 amide bonds. The smallest absolute Gasteiger partial charge is 0.356 e. The van der Waals surface area contributed by atoms with Gasteiger partial charge < -0.3 is 15.8 Å². The number of thioether (sulfide) groups is 1. The standard InChI is InChI=1S/C25H22N8O5S2/c26-17(35)11-32-21(29-30-31-32)20(39)16-12-40-24-25(27,28-13-34)23(37)33(24)18(16)22(36)38-19(14-7-3-1-4-8-14)15-9-5-2-6-10-15/h1-10,13,19,24H,11-12,27H2,(H2,26,35)(H,28,34)/t24-,25-/m0/s1. The third kappa shape index (κ3) is 4.74. The van der Waals surface area contributed by atoms with E-state index in [1.165, 1.54) is 11.8 Å². The number of nitrogens with zero attached hydrogens (tertiary/aromatic N) is 5. The average molecular weight is 579 g/mol. The van der Waals surface area contributed by atoms with Crippen molar-refractivity contribution in [1.29, 1.82) is 0 Å². The van der Waals surface area contributed by atoms with Crippen LogP contribution in [0.25, 0.3) is 0 Å². The largest absolute Gasteiger partial charge is 0.448 e. The number of nitrogens with two attached hydrogens (primary N) is 2. The molecule has 2 aliphatic heterocycles. The molecule has 40 heavy (non-hydrogen) atoms. The number of ether oxygens (including phenoxy) is 1. The highest BCUT2D eigenvalue weighted by Crippen LogP contribution is 2.45. The normalized spacial score (nSPS) is 20.0. The second-order valence-corrected chi connectivity index (χ2v) is 10.3. The number of amides is 3. The predicted molar refractivity (Wildman–Crippen MR) is 146 cm³/mol. The number of esters is 1. The lowest BCUT2D eigenvalue weighted by molar-refractivity contribution is -0.160. The quantitative estimate of drug-likeness (QED) is 0.0720. The van der Waals surface area contributed by atoms with Crippen molar-refractivity contribution in [3.8, 4) is 0 Å². The van der Waals surface area contributed by atoms with Crippen molar-refractivity contribution in [2.75, 3.05) is 5.75 Å². The van der Waals surface area contributed by atoms with Crippen LogP contribution in [0.2, 0.25) is 0 Å². The average Bonchev–Trinajstić information content (AvgIpc) is 3.42. The van der Waals surface area contributed by atoms with Crippen LogP contribution < -0.4 is 16.8 Å². The van der Waals surface area contributed by atoms with Crippen LogP contribution in [0.15, 0.2) is 71.9 Å². The summed E-state index contributed by atoms with van der Waals surface area (Å²) in [6.07, 6.45) is -0.492. The van der Waals surface area contributed by atoms with Crippen molar-refractivity contribution in [3.05, 3.63) is 88.9 Å². The zero-order chi connectivity index (χ0) is 28.4.